The molecule has 5 nitrogen and oxygen atoms in total. The van der Waals surface area contributed by atoms with Crippen LogP contribution >= 0.6 is 11.6 Å². The minimum atomic E-state index is 0.0651. The molecule has 146 valence electrons. The quantitative estimate of drug-likeness (QED) is 0.820. The van der Waals surface area contributed by atoms with Crippen LogP contribution in [0.5, 0.6) is 0 Å². The third-order valence-electron chi connectivity index (χ3n) is 6.35. The van der Waals surface area contributed by atoms with E-state index in [0.29, 0.717) is 22.5 Å². The number of carbonyl (C=O) groups is 1. The highest BCUT2D eigenvalue weighted by atomic mass is 35.5. The van der Waals surface area contributed by atoms with Crippen molar-refractivity contribution in [2.45, 2.75) is 58.4 Å². The molecule has 0 atom stereocenters. The van der Waals surface area contributed by atoms with Crippen LogP contribution in [0.25, 0.3) is 11.1 Å². The number of piperidine rings is 1. The predicted octanol–water partition coefficient (Wildman–Crippen LogP) is 4.78. The largest absolute Gasteiger partial charge is 0.423 e. The Morgan fingerprint density at radius 3 is 2.63 bits per heavy atom. The van der Waals surface area contributed by atoms with E-state index in [-0.39, 0.29) is 11.8 Å². The highest BCUT2D eigenvalue weighted by Gasteiger charge is 2.39. The van der Waals surface area contributed by atoms with Crippen molar-refractivity contribution in [1.29, 1.82) is 0 Å². The van der Waals surface area contributed by atoms with Gasteiger partial charge in [0.2, 0.25) is 5.91 Å². The monoisotopic (exact) mass is 389 g/mol. The summed E-state index contributed by atoms with van der Waals surface area (Å²) >= 11 is 6.05. The lowest BCUT2D eigenvalue weighted by Crippen LogP contribution is -2.46. The van der Waals surface area contributed by atoms with E-state index in [9.17, 15) is 4.79 Å². The first-order chi connectivity index (χ1) is 12.9. The Labute approximate surface area is 165 Å². The normalized spacial score (nSPS) is 20.5. The van der Waals surface area contributed by atoms with Crippen molar-refractivity contribution in [3.05, 3.63) is 23.2 Å². The van der Waals surface area contributed by atoms with Crippen LogP contribution in [0.15, 0.2) is 22.6 Å². The van der Waals surface area contributed by atoms with E-state index in [1.165, 1.54) is 12.8 Å². The molecule has 1 aliphatic carbocycles. The number of amides is 1. The number of benzene rings is 1. The second-order valence-electron chi connectivity index (χ2n) is 8.53. The van der Waals surface area contributed by atoms with Crippen molar-refractivity contribution in [3.8, 4) is 0 Å². The van der Waals surface area contributed by atoms with Crippen molar-refractivity contribution < 1.29 is 9.21 Å². The first-order valence-electron chi connectivity index (χ1n) is 10.1. The number of aromatic nitrogens is 1. The summed E-state index contributed by atoms with van der Waals surface area (Å²) < 4.78 is 5.93. The maximum Gasteiger partial charge on any atom is 0.298 e. The van der Waals surface area contributed by atoms with Crippen LogP contribution in [-0.2, 0) is 4.79 Å². The van der Waals surface area contributed by atoms with Crippen molar-refractivity contribution >= 4 is 34.6 Å². The molecule has 2 heterocycles. The van der Waals surface area contributed by atoms with Crippen LogP contribution in [0.4, 0.5) is 6.01 Å². The predicted molar refractivity (Wildman–Crippen MR) is 108 cm³/mol. The standard InChI is InChI=1S/C21H28ClN3O2/c1-14(2)19(26)23-16-5-7-21(8-6-16)9-11-25(12-10-21)20-24-17-13-15(22)3-4-18(17)27-20/h3-4,13-14,16H,5-12H2,1-2H3,(H,23,26). The average molecular weight is 390 g/mol. The molecule has 0 radical (unpaired) electrons. The number of oxazole rings is 1. The van der Waals surface area contributed by atoms with Gasteiger partial charge < -0.3 is 14.6 Å². The molecular weight excluding hydrogens is 362 g/mol. The smallest absolute Gasteiger partial charge is 0.298 e. The number of hydrogen-bond acceptors (Lipinski definition) is 4. The van der Waals surface area contributed by atoms with Crippen molar-refractivity contribution in [3.63, 3.8) is 0 Å². The Balaban J connectivity index is 1.34. The molecule has 2 aromatic rings. The van der Waals surface area contributed by atoms with Gasteiger partial charge in [0.15, 0.2) is 5.58 Å². The molecular formula is C21H28ClN3O2. The van der Waals surface area contributed by atoms with Gasteiger partial charge in [0.25, 0.3) is 6.01 Å². The molecule has 1 aliphatic heterocycles. The molecule has 2 fully saturated rings. The highest BCUT2D eigenvalue weighted by molar-refractivity contribution is 6.31. The zero-order valence-electron chi connectivity index (χ0n) is 16.1. The molecule has 1 saturated carbocycles. The molecule has 1 aromatic heterocycles. The van der Waals surface area contributed by atoms with Crippen LogP contribution in [0.1, 0.15) is 52.4 Å². The number of halogens is 1. The summed E-state index contributed by atoms with van der Waals surface area (Å²) in [6.07, 6.45) is 6.93. The van der Waals surface area contributed by atoms with Crippen molar-refractivity contribution in [1.82, 2.24) is 10.3 Å². The molecule has 1 N–H and O–H groups in total. The lowest BCUT2D eigenvalue weighted by molar-refractivity contribution is -0.125. The van der Waals surface area contributed by atoms with Crippen LogP contribution < -0.4 is 10.2 Å². The first kappa shape index (κ1) is 18.6. The molecule has 1 aromatic carbocycles. The summed E-state index contributed by atoms with van der Waals surface area (Å²) in [5.74, 6) is 0.247. The van der Waals surface area contributed by atoms with Gasteiger partial charge in [0.1, 0.15) is 5.52 Å². The molecule has 1 spiro atoms. The number of nitrogens with zero attached hydrogens (tertiary/aromatic N) is 2. The average Bonchev–Trinajstić information content (AvgIpc) is 3.07. The Morgan fingerprint density at radius 1 is 1.26 bits per heavy atom. The summed E-state index contributed by atoms with van der Waals surface area (Å²) in [7, 11) is 0. The number of fused-ring (bicyclic) bond motifs is 1. The number of rotatable bonds is 3. The van der Waals surface area contributed by atoms with Gasteiger partial charge >= 0.3 is 0 Å². The first-order valence-corrected chi connectivity index (χ1v) is 10.4. The van der Waals surface area contributed by atoms with Crippen LogP contribution in [0.3, 0.4) is 0 Å². The lowest BCUT2D eigenvalue weighted by atomic mass is 9.67. The fourth-order valence-electron chi connectivity index (χ4n) is 4.44. The van der Waals surface area contributed by atoms with Gasteiger partial charge in [-0.1, -0.05) is 25.4 Å². The van der Waals surface area contributed by atoms with Crippen molar-refractivity contribution in [2.24, 2.45) is 11.3 Å². The van der Waals surface area contributed by atoms with Crippen LogP contribution in [-0.4, -0.2) is 30.0 Å². The van der Waals surface area contributed by atoms with Gasteiger partial charge in [0, 0.05) is 30.1 Å². The van der Waals surface area contributed by atoms with E-state index in [1.54, 1.807) is 0 Å². The van der Waals surface area contributed by atoms with Gasteiger partial charge in [-0.3, -0.25) is 4.79 Å². The molecule has 27 heavy (non-hydrogen) atoms. The molecule has 1 amide bonds. The van der Waals surface area contributed by atoms with E-state index in [4.69, 9.17) is 16.0 Å². The van der Waals surface area contributed by atoms with Gasteiger partial charge in [-0.25, -0.2) is 0 Å². The number of hydrogen-bond donors (Lipinski definition) is 1. The Bertz CT molecular complexity index is 814. The topological polar surface area (TPSA) is 58.4 Å². The molecule has 2 aliphatic rings. The van der Waals surface area contributed by atoms with Gasteiger partial charge in [-0.15, -0.1) is 0 Å². The minimum Gasteiger partial charge on any atom is -0.423 e. The van der Waals surface area contributed by atoms with E-state index in [2.05, 4.69) is 15.2 Å². The molecule has 4 rings (SSSR count). The summed E-state index contributed by atoms with van der Waals surface area (Å²) in [4.78, 5) is 18.8. The Hall–Kier alpha value is -1.75. The fourth-order valence-corrected chi connectivity index (χ4v) is 4.60. The second kappa shape index (κ2) is 7.34. The third kappa shape index (κ3) is 3.93. The maximum atomic E-state index is 11.9. The molecule has 6 heteroatoms. The summed E-state index contributed by atoms with van der Waals surface area (Å²) in [6.45, 7) is 5.86. The van der Waals surface area contributed by atoms with Gasteiger partial charge in [-0.2, -0.15) is 4.98 Å². The van der Waals surface area contributed by atoms with Crippen molar-refractivity contribution in [2.75, 3.05) is 18.0 Å². The summed E-state index contributed by atoms with van der Waals surface area (Å²) in [5, 5.41) is 3.89. The van der Waals surface area contributed by atoms with E-state index >= 15 is 0 Å². The zero-order chi connectivity index (χ0) is 19.0. The Morgan fingerprint density at radius 2 is 1.96 bits per heavy atom. The van der Waals surface area contributed by atoms with Crippen LogP contribution in [0, 0.1) is 11.3 Å². The van der Waals surface area contributed by atoms with E-state index in [0.717, 1.165) is 49.9 Å². The summed E-state index contributed by atoms with van der Waals surface area (Å²) in [5.41, 5.74) is 2.03. The highest BCUT2D eigenvalue weighted by Crippen LogP contribution is 2.45. The van der Waals surface area contributed by atoms with E-state index in [1.807, 2.05) is 32.0 Å². The second-order valence-corrected chi connectivity index (χ2v) is 8.97. The Kier molecular flexibility index (Phi) is 5.06. The molecule has 1 saturated heterocycles. The SMILES string of the molecule is CC(C)C(=O)NC1CCC2(CC1)CCN(c1nc3cc(Cl)ccc3o1)CC2. The van der Waals surface area contributed by atoms with E-state index < -0.39 is 0 Å². The van der Waals surface area contributed by atoms with Gasteiger partial charge in [0.05, 0.1) is 0 Å². The maximum absolute atomic E-state index is 11.9. The summed E-state index contributed by atoms with van der Waals surface area (Å²) in [6, 6.07) is 6.62. The number of nitrogens with one attached hydrogen (secondary N) is 1. The third-order valence-corrected chi connectivity index (χ3v) is 6.59. The molecule has 0 bridgehead atoms. The zero-order valence-corrected chi connectivity index (χ0v) is 16.9. The van der Waals surface area contributed by atoms with Crippen LogP contribution in [0.2, 0.25) is 5.02 Å². The molecule has 0 unspecified atom stereocenters. The number of carbonyl (C=O) groups excluding carboxylic acids is 1. The lowest BCUT2D eigenvalue weighted by Gasteiger charge is -2.45. The fraction of sp³-hybridized carbons (Fsp3) is 0.619. The van der Waals surface area contributed by atoms with Gasteiger partial charge in [-0.05, 0) is 62.1 Å². The number of anilines is 1. The minimum absolute atomic E-state index is 0.0651.